The Bertz CT molecular complexity index is 370. The normalized spacial score (nSPS) is 10.4. The summed E-state index contributed by atoms with van der Waals surface area (Å²) in [6.45, 7) is 1.95. The van der Waals surface area contributed by atoms with Crippen LogP contribution >= 0.6 is 0 Å². The van der Waals surface area contributed by atoms with Crippen molar-refractivity contribution in [1.29, 1.82) is 0 Å². The fraction of sp³-hybridized carbons (Fsp3) is 0.182. The number of rotatable bonds is 3. The van der Waals surface area contributed by atoms with Gasteiger partial charge < -0.3 is 10.5 Å². The number of hydrogen-bond donors (Lipinski definition) is 1. The molecule has 1 amide bonds. The number of ether oxygens (including phenoxy) is 1. The van der Waals surface area contributed by atoms with Crippen LogP contribution in [-0.4, -0.2) is 13.0 Å². The van der Waals surface area contributed by atoms with Gasteiger partial charge in [-0.1, -0.05) is 6.07 Å². The lowest BCUT2D eigenvalue weighted by atomic mass is 10.1. The van der Waals surface area contributed by atoms with Crippen LogP contribution in [-0.2, 0) is 4.79 Å². The van der Waals surface area contributed by atoms with Crippen molar-refractivity contribution in [1.82, 2.24) is 0 Å². The predicted molar refractivity (Wildman–Crippen MR) is 56.0 cm³/mol. The number of primary amides is 1. The summed E-state index contributed by atoms with van der Waals surface area (Å²) in [5.41, 5.74) is 7.00. The number of benzene rings is 1. The summed E-state index contributed by atoms with van der Waals surface area (Å²) in [5.74, 6) is 0.360. The highest BCUT2D eigenvalue weighted by atomic mass is 16.5. The average Bonchev–Trinajstić information content (AvgIpc) is 2.15. The van der Waals surface area contributed by atoms with E-state index >= 15 is 0 Å². The van der Waals surface area contributed by atoms with Gasteiger partial charge in [-0.05, 0) is 36.3 Å². The van der Waals surface area contributed by atoms with Crippen LogP contribution in [0.3, 0.4) is 0 Å². The van der Waals surface area contributed by atoms with Crippen molar-refractivity contribution in [2.75, 3.05) is 7.11 Å². The number of carbonyl (C=O) groups is 1. The zero-order valence-corrected chi connectivity index (χ0v) is 8.28. The molecule has 0 bridgehead atoms. The van der Waals surface area contributed by atoms with Gasteiger partial charge in [-0.15, -0.1) is 0 Å². The standard InChI is InChI=1S/C11H13NO2/c1-8-7-10(14-2)5-3-9(8)4-6-11(12)13/h3-7H,1-2H3,(H2,12,13). The quantitative estimate of drug-likeness (QED) is 0.736. The van der Waals surface area contributed by atoms with E-state index in [2.05, 4.69) is 0 Å². The van der Waals surface area contributed by atoms with Gasteiger partial charge in [0.15, 0.2) is 0 Å². The molecule has 0 saturated heterocycles. The summed E-state index contributed by atoms with van der Waals surface area (Å²) in [5, 5.41) is 0. The second-order valence-electron chi connectivity index (χ2n) is 2.96. The molecule has 0 aromatic heterocycles. The van der Waals surface area contributed by atoms with E-state index < -0.39 is 5.91 Å². The van der Waals surface area contributed by atoms with Gasteiger partial charge >= 0.3 is 0 Å². The molecule has 0 aliphatic rings. The van der Waals surface area contributed by atoms with E-state index in [1.165, 1.54) is 6.08 Å². The molecule has 2 N–H and O–H groups in total. The van der Waals surface area contributed by atoms with Crippen molar-refractivity contribution >= 4 is 12.0 Å². The van der Waals surface area contributed by atoms with E-state index in [0.717, 1.165) is 16.9 Å². The second-order valence-corrected chi connectivity index (χ2v) is 2.96. The van der Waals surface area contributed by atoms with Crippen molar-refractivity contribution < 1.29 is 9.53 Å². The Morgan fingerprint density at radius 3 is 2.71 bits per heavy atom. The predicted octanol–water partition coefficient (Wildman–Crippen LogP) is 1.50. The van der Waals surface area contributed by atoms with E-state index in [4.69, 9.17) is 10.5 Å². The number of nitrogens with two attached hydrogens (primary N) is 1. The van der Waals surface area contributed by atoms with Gasteiger partial charge in [0.1, 0.15) is 5.75 Å². The van der Waals surface area contributed by atoms with Gasteiger partial charge in [0.05, 0.1) is 7.11 Å². The van der Waals surface area contributed by atoms with Gasteiger partial charge in [-0.25, -0.2) is 0 Å². The Kier molecular flexibility index (Phi) is 3.29. The maximum Gasteiger partial charge on any atom is 0.241 e. The molecule has 3 nitrogen and oxygen atoms in total. The van der Waals surface area contributed by atoms with Gasteiger partial charge in [0.2, 0.25) is 5.91 Å². The molecular weight excluding hydrogens is 178 g/mol. The highest BCUT2D eigenvalue weighted by molar-refractivity contribution is 5.90. The molecule has 74 valence electrons. The van der Waals surface area contributed by atoms with Crippen molar-refractivity contribution in [3.63, 3.8) is 0 Å². The molecular formula is C11H13NO2. The second kappa shape index (κ2) is 4.46. The molecule has 1 rings (SSSR count). The number of aryl methyl sites for hydroxylation is 1. The lowest BCUT2D eigenvalue weighted by Crippen LogP contribution is -2.05. The van der Waals surface area contributed by atoms with E-state index in [1.807, 2.05) is 25.1 Å². The van der Waals surface area contributed by atoms with Crippen LogP contribution in [0.25, 0.3) is 6.08 Å². The molecule has 0 radical (unpaired) electrons. The molecule has 1 aromatic rings. The van der Waals surface area contributed by atoms with E-state index in [1.54, 1.807) is 13.2 Å². The zero-order chi connectivity index (χ0) is 10.6. The Balaban J connectivity index is 2.94. The highest BCUT2D eigenvalue weighted by Crippen LogP contribution is 2.17. The monoisotopic (exact) mass is 191 g/mol. The first-order valence-corrected chi connectivity index (χ1v) is 4.25. The number of hydrogen-bond acceptors (Lipinski definition) is 2. The molecule has 0 aliphatic heterocycles. The third kappa shape index (κ3) is 2.62. The van der Waals surface area contributed by atoms with Crippen LogP contribution in [0, 0.1) is 6.92 Å². The van der Waals surface area contributed by atoms with Gasteiger partial charge in [-0.2, -0.15) is 0 Å². The molecule has 0 fully saturated rings. The van der Waals surface area contributed by atoms with Gasteiger partial charge in [-0.3, -0.25) is 4.79 Å². The van der Waals surface area contributed by atoms with Crippen LogP contribution in [0.4, 0.5) is 0 Å². The Morgan fingerprint density at radius 1 is 1.50 bits per heavy atom. The Labute approximate surface area is 83.2 Å². The first kappa shape index (κ1) is 10.3. The maximum absolute atomic E-state index is 10.5. The molecule has 0 atom stereocenters. The van der Waals surface area contributed by atoms with Crippen molar-refractivity contribution in [3.05, 3.63) is 35.4 Å². The minimum atomic E-state index is -0.444. The third-order valence-corrected chi connectivity index (χ3v) is 1.90. The van der Waals surface area contributed by atoms with Crippen molar-refractivity contribution in [3.8, 4) is 5.75 Å². The summed E-state index contributed by atoms with van der Waals surface area (Å²) >= 11 is 0. The van der Waals surface area contributed by atoms with Gasteiger partial charge in [0.25, 0.3) is 0 Å². The SMILES string of the molecule is COc1ccc(C=CC(N)=O)c(C)c1. The fourth-order valence-electron chi connectivity index (χ4n) is 1.13. The van der Waals surface area contributed by atoms with Crippen LogP contribution < -0.4 is 10.5 Å². The maximum atomic E-state index is 10.5. The van der Waals surface area contributed by atoms with Crippen LogP contribution in [0.2, 0.25) is 0 Å². The molecule has 0 aliphatic carbocycles. The molecule has 1 aromatic carbocycles. The van der Waals surface area contributed by atoms with Crippen LogP contribution in [0.15, 0.2) is 24.3 Å². The summed E-state index contributed by atoms with van der Waals surface area (Å²) in [4.78, 5) is 10.5. The molecule has 0 heterocycles. The first-order chi connectivity index (χ1) is 6.63. The van der Waals surface area contributed by atoms with Crippen molar-refractivity contribution in [2.45, 2.75) is 6.92 Å². The summed E-state index contributed by atoms with van der Waals surface area (Å²) in [7, 11) is 1.62. The Hall–Kier alpha value is -1.77. The molecule has 0 unspecified atom stereocenters. The molecule has 3 heteroatoms. The van der Waals surface area contributed by atoms with Crippen LogP contribution in [0.1, 0.15) is 11.1 Å². The minimum Gasteiger partial charge on any atom is -0.497 e. The topological polar surface area (TPSA) is 52.3 Å². The lowest BCUT2D eigenvalue weighted by molar-refractivity contribution is -0.113. The largest absolute Gasteiger partial charge is 0.497 e. The first-order valence-electron chi connectivity index (χ1n) is 4.25. The highest BCUT2D eigenvalue weighted by Gasteiger charge is 1.96. The van der Waals surface area contributed by atoms with E-state index in [9.17, 15) is 4.79 Å². The number of amides is 1. The van der Waals surface area contributed by atoms with Crippen LogP contribution in [0.5, 0.6) is 5.75 Å². The lowest BCUT2D eigenvalue weighted by Gasteiger charge is -2.03. The fourth-order valence-corrected chi connectivity index (χ4v) is 1.13. The Morgan fingerprint density at radius 2 is 2.21 bits per heavy atom. The third-order valence-electron chi connectivity index (χ3n) is 1.90. The number of methoxy groups -OCH3 is 1. The average molecular weight is 191 g/mol. The molecule has 0 spiro atoms. The summed E-state index contributed by atoms with van der Waals surface area (Å²) in [6, 6.07) is 5.63. The molecule has 14 heavy (non-hydrogen) atoms. The molecule has 0 saturated carbocycles. The van der Waals surface area contributed by atoms with Gasteiger partial charge in [0, 0.05) is 6.08 Å². The van der Waals surface area contributed by atoms with Crippen molar-refractivity contribution in [2.24, 2.45) is 5.73 Å². The van der Waals surface area contributed by atoms with E-state index in [-0.39, 0.29) is 0 Å². The zero-order valence-electron chi connectivity index (χ0n) is 8.28. The summed E-state index contributed by atoms with van der Waals surface area (Å²) in [6.07, 6.45) is 3.03. The smallest absolute Gasteiger partial charge is 0.241 e. The minimum absolute atomic E-state index is 0.444. The summed E-state index contributed by atoms with van der Waals surface area (Å²) < 4.78 is 5.06. The number of carbonyl (C=O) groups excluding carboxylic acids is 1. The van der Waals surface area contributed by atoms with E-state index in [0.29, 0.717) is 0 Å².